The summed E-state index contributed by atoms with van der Waals surface area (Å²) in [4.78, 5) is 28.6. The Kier molecular flexibility index (Phi) is 5.89. The molecule has 1 aromatic heterocycles. The highest BCUT2D eigenvalue weighted by molar-refractivity contribution is 9.10. The molecule has 0 aliphatic rings. The van der Waals surface area contributed by atoms with Gasteiger partial charge in [0.25, 0.3) is 5.56 Å². The zero-order chi connectivity index (χ0) is 20.3. The Balaban J connectivity index is 2.04. The highest BCUT2D eigenvalue weighted by Gasteiger charge is 2.10. The lowest BCUT2D eigenvalue weighted by atomic mass is 10.2. The molecule has 0 amide bonds. The molecule has 144 valence electrons. The molecule has 8 heteroatoms. The number of fused-ring (bicyclic) bond motifs is 1. The SMILES string of the molecule is CCc1nc2ccc(Br)cc2c(=O)n1N=Cc1ccc(OC(C)=O)c(OC)c1. The molecule has 3 aromatic rings. The van der Waals surface area contributed by atoms with Crippen molar-refractivity contribution < 1.29 is 14.3 Å². The molecule has 7 nitrogen and oxygen atoms in total. The van der Waals surface area contributed by atoms with E-state index in [-0.39, 0.29) is 5.56 Å². The van der Waals surface area contributed by atoms with Gasteiger partial charge in [0.2, 0.25) is 0 Å². The standard InChI is InChI=1S/C20H18BrN3O4/c1-4-19-23-16-7-6-14(21)10-15(16)20(26)24(19)22-11-13-5-8-17(28-12(2)25)18(9-13)27-3/h5-11H,4H2,1-3H3. The molecule has 0 atom stereocenters. The number of hydrogen-bond donors (Lipinski definition) is 0. The highest BCUT2D eigenvalue weighted by Crippen LogP contribution is 2.27. The monoisotopic (exact) mass is 443 g/mol. The predicted octanol–water partition coefficient (Wildman–Crippen LogP) is 3.54. The van der Waals surface area contributed by atoms with Gasteiger partial charge in [0.05, 0.1) is 24.2 Å². The molecule has 0 unspecified atom stereocenters. The first-order chi connectivity index (χ1) is 13.4. The van der Waals surface area contributed by atoms with E-state index in [1.807, 2.05) is 13.0 Å². The number of aryl methyl sites for hydroxylation is 1. The van der Waals surface area contributed by atoms with Crippen LogP contribution in [0.5, 0.6) is 11.5 Å². The lowest BCUT2D eigenvalue weighted by molar-refractivity contribution is -0.132. The van der Waals surface area contributed by atoms with Gasteiger partial charge in [0, 0.05) is 17.8 Å². The van der Waals surface area contributed by atoms with E-state index in [4.69, 9.17) is 9.47 Å². The maximum Gasteiger partial charge on any atom is 0.308 e. The van der Waals surface area contributed by atoms with Gasteiger partial charge in [0.1, 0.15) is 5.82 Å². The molecule has 0 aliphatic heterocycles. The number of esters is 1. The topological polar surface area (TPSA) is 82.8 Å². The van der Waals surface area contributed by atoms with Crippen LogP contribution in [0.25, 0.3) is 10.9 Å². The molecule has 0 bridgehead atoms. The fraction of sp³-hybridized carbons (Fsp3) is 0.200. The normalized spacial score (nSPS) is 11.1. The van der Waals surface area contributed by atoms with E-state index in [1.165, 1.54) is 24.9 Å². The minimum absolute atomic E-state index is 0.247. The Bertz CT molecular complexity index is 1140. The zero-order valence-electron chi connectivity index (χ0n) is 15.6. The fourth-order valence-corrected chi connectivity index (χ4v) is 3.03. The second kappa shape index (κ2) is 8.35. The van der Waals surface area contributed by atoms with Crippen molar-refractivity contribution in [1.82, 2.24) is 9.66 Å². The fourth-order valence-electron chi connectivity index (χ4n) is 2.67. The summed E-state index contributed by atoms with van der Waals surface area (Å²) in [5, 5.41) is 4.81. The first kappa shape index (κ1) is 19.8. The maximum absolute atomic E-state index is 12.9. The third-order valence-corrected chi connectivity index (χ3v) is 4.45. The molecule has 0 saturated carbocycles. The van der Waals surface area contributed by atoms with Crippen LogP contribution in [0.4, 0.5) is 0 Å². The number of ether oxygens (including phenoxy) is 2. The van der Waals surface area contributed by atoms with E-state index in [0.717, 1.165) is 4.47 Å². The van der Waals surface area contributed by atoms with E-state index in [1.54, 1.807) is 30.3 Å². The molecular formula is C20H18BrN3O4. The summed E-state index contributed by atoms with van der Waals surface area (Å²) in [6, 6.07) is 10.4. The van der Waals surface area contributed by atoms with E-state index < -0.39 is 5.97 Å². The Morgan fingerprint density at radius 2 is 2.04 bits per heavy atom. The predicted molar refractivity (Wildman–Crippen MR) is 110 cm³/mol. The molecule has 0 radical (unpaired) electrons. The summed E-state index contributed by atoms with van der Waals surface area (Å²) >= 11 is 3.38. The quantitative estimate of drug-likeness (QED) is 0.342. The van der Waals surface area contributed by atoms with Gasteiger partial charge in [-0.05, 0) is 42.0 Å². The van der Waals surface area contributed by atoms with Crippen LogP contribution in [0, 0.1) is 0 Å². The van der Waals surface area contributed by atoms with Gasteiger partial charge in [-0.2, -0.15) is 9.78 Å². The average molecular weight is 444 g/mol. The van der Waals surface area contributed by atoms with Crippen molar-refractivity contribution in [3.8, 4) is 11.5 Å². The van der Waals surface area contributed by atoms with Crippen LogP contribution in [0.2, 0.25) is 0 Å². The van der Waals surface area contributed by atoms with E-state index in [0.29, 0.717) is 40.2 Å². The van der Waals surface area contributed by atoms with Crippen molar-refractivity contribution in [3.63, 3.8) is 0 Å². The average Bonchev–Trinajstić information content (AvgIpc) is 2.68. The largest absolute Gasteiger partial charge is 0.493 e. The Labute approximate surface area is 169 Å². The van der Waals surface area contributed by atoms with Crippen molar-refractivity contribution >= 4 is 39.0 Å². The van der Waals surface area contributed by atoms with Crippen molar-refractivity contribution in [2.75, 3.05) is 7.11 Å². The highest BCUT2D eigenvalue weighted by atomic mass is 79.9. The van der Waals surface area contributed by atoms with E-state index in [2.05, 4.69) is 26.0 Å². The molecule has 1 heterocycles. The molecule has 0 fully saturated rings. The minimum atomic E-state index is -0.438. The first-order valence-electron chi connectivity index (χ1n) is 8.55. The maximum atomic E-state index is 12.9. The molecule has 2 aromatic carbocycles. The lowest BCUT2D eigenvalue weighted by Crippen LogP contribution is -2.22. The molecule has 0 spiro atoms. The second-order valence-electron chi connectivity index (χ2n) is 5.91. The molecule has 0 aliphatic carbocycles. The van der Waals surface area contributed by atoms with Crippen LogP contribution in [-0.4, -0.2) is 29.0 Å². The third-order valence-electron chi connectivity index (χ3n) is 3.96. The van der Waals surface area contributed by atoms with Gasteiger partial charge >= 0.3 is 5.97 Å². The molecule has 0 N–H and O–H groups in total. The molecule has 28 heavy (non-hydrogen) atoms. The molecule has 3 rings (SSSR count). The minimum Gasteiger partial charge on any atom is -0.493 e. The van der Waals surface area contributed by atoms with Gasteiger partial charge in [0.15, 0.2) is 11.5 Å². The van der Waals surface area contributed by atoms with Crippen LogP contribution >= 0.6 is 15.9 Å². The number of methoxy groups -OCH3 is 1. The van der Waals surface area contributed by atoms with Gasteiger partial charge in [-0.15, -0.1) is 0 Å². The number of benzene rings is 2. The van der Waals surface area contributed by atoms with Crippen LogP contribution < -0.4 is 15.0 Å². The van der Waals surface area contributed by atoms with Crippen LogP contribution in [-0.2, 0) is 11.2 Å². The lowest BCUT2D eigenvalue weighted by Gasteiger charge is -2.09. The van der Waals surface area contributed by atoms with Crippen LogP contribution in [0.3, 0.4) is 0 Å². The number of carbonyl (C=O) groups excluding carboxylic acids is 1. The number of halogens is 1. The summed E-state index contributed by atoms with van der Waals surface area (Å²) < 4.78 is 12.4. The van der Waals surface area contributed by atoms with Gasteiger partial charge in [-0.3, -0.25) is 9.59 Å². The van der Waals surface area contributed by atoms with Crippen LogP contribution in [0.1, 0.15) is 25.2 Å². The Hall–Kier alpha value is -3.00. The summed E-state index contributed by atoms with van der Waals surface area (Å²) in [5.41, 5.74) is 1.06. The summed E-state index contributed by atoms with van der Waals surface area (Å²) in [6.45, 7) is 3.23. The number of aromatic nitrogens is 2. The second-order valence-corrected chi connectivity index (χ2v) is 6.82. The molecule has 0 saturated heterocycles. The number of nitrogens with zero attached hydrogens (tertiary/aromatic N) is 3. The Morgan fingerprint density at radius 1 is 1.25 bits per heavy atom. The van der Waals surface area contributed by atoms with E-state index in [9.17, 15) is 9.59 Å². The van der Waals surface area contributed by atoms with Crippen molar-refractivity contribution in [2.24, 2.45) is 5.10 Å². The van der Waals surface area contributed by atoms with Gasteiger partial charge in [-0.1, -0.05) is 22.9 Å². The van der Waals surface area contributed by atoms with Gasteiger partial charge < -0.3 is 9.47 Å². The van der Waals surface area contributed by atoms with E-state index >= 15 is 0 Å². The number of hydrogen-bond acceptors (Lipinski definition) is 6. The van der Waals surface area contributed by atoms with Crippen molar-refractivity contribution in [1.29, 1.82) is 0 Å². The summed E-state index contributed by atoms with van der Waals surface area (Å²) in [6.07, 6.45) is 2.08. The van der Waals surface area contributed by atoms with Gasteiger partial charge in [-0.25, -0.2) is 4.98 Å². The van der Waals surface area contributed by atoms with Crippen LogP contribution in [0.15, 0.2) is 50.8 Å². The summed E-state index contributed by atoms with van der Waals surface area (Å²) in [5.74, 6) is 0.824. The first-order valence-corrected chi connectivity index (χ1v) is 9.34. The number of rotatable bonds is 5. The zero-order valence-corrected chi connectivity index (χ0v) is 17.2. The van der Waals surface area contributed by atoms with Crippen molar-refractivity contribution in [2.45, 2.75) is 20.3 Å². The smallest absolute Gasteiger partial charge is 0.308 e. The third kappa shape index (κ3) is 4.12. The Morgan fingerprint density at radius 3 is 2.71 bits per heavy atom. The summed E-state index contributed by atoms with van der Waals surface area (Å²) in [7, 11) is 1.48. The molecular weight excluding hydrogens is 426 g/mol. The van der Waals surface area contributed by atoms with Crippen molar-refractivity contribution in [3.05, 3.63) is 62.6 Å². The number of carbonyl (C=O) groups is 1.